The van der Waals surface area contributed by atoms with Crippen LogP contribution in [0.4, 0.5) is 5.13 Å². The first-order valence-electron chi connectivity index (χ1n) is 7.17. The Balaban J connectivity index is 1.38. The number of alkyl halides is 2. The number of anilines is 1. The second-order valence-electron chi connectivity index (χ2n) is 6.22. The Morgan fingerprint density at radius 2 is 1.90 bits per heavy atom. The summed E-state index contributed by atoms with van der Waals surface area (Å²) in [6.07, 6.45) is 6.02. The Labute approximate surface area is 132 Å². The van der Waals surface area contributed by atoms with Crippen LogP contribution < -0.4 is 5.32 Å². The fourth-order valence-corrected chi connectivity index (χ4v) is 5.54. The SMILES string of the molecule is O=C(Nc1nccs1)C1[C@H]2CC[C@@H]3[C@@H](CC[C@@H]12)C3(Cl)Cl. The molecule has 0 aliphatic heterocycles. The Morgan fingerprint density at radius 3 is 2.45 bits per heavy atom. The summed E-state index contributed by atoms with van der Waals surface area (Å²) in [6, 6.07) is 0. The normalized spacial score (nSPS) is 40.8. The third kappa shape index (κ3) is 2.08. The molecule has 4 rings (SSSR count). The van der Waals surface area contributed by atoms with Crippen molar-refractivity contribution in [2.45, 2.75) is 30.0 Å². The largest absolute Gasteiger partial charge is 0.302 e. The van der Waals surface area contributed by atoms with Crippen molar-refractivity contribution in [2.24, 2.45) is 29.6 Å². The van der Waals surface area contributed by atoms with Crippen LogP contribution in [-0.2, 0) is 4.79 Å². The van der Waals surface area contributed by atoms with Gasteiger partial charge in [-0.3, -0.25) is 4.79 Å². The molecule has 0 radical (unpaired) electrons. The molecule has 3 fully saturated rings. The predicted molar refractivity (Wildman–Crippen MR) is 81.1 cm³/mol. The van der Waals surface area contributed by atoms with E-state index in [0.717, 1.165) is 25.7 Å². The van der Waals surface area contributed by atoms with Crippen molar-refractivity contribution < 1.29 is 4.79 Å². The summed E-state index contributed by atoms with van der Waals surface area (Å²) in [5, 5.41) is 5.52. The van der Waals surface area contributed by atoms with Crippen molar-refractivity contribution in [1.29, 1.82) is 0 Å². The number of fused-ring (bicyclic) bond motifs is 2. The molecule has 6 heteroatoms. The van der Waals surface area contributed by atoms with E-state index < -0.39 is 4.33 Å². The minimum absolute atomic E-state index is 0.147. The topological polar surface area (TPSA) is 42.0 Å². The number of nitrogens with zero attached hydrogens (tertiary/aromatic N) is 1. The fraction of sp³-hybridized carbons (Fsp3) is 0.714. The number of thiazole rings is 1. The molecule has 1 aromatic rings. The van der Waals surface area contributed by atoms with Crippen molar-refractivity contribution in [3.63, 3.8) is 0 Å². The van der Waals surface area contributed by atoms with Gasteiger partial charge in [-0.25, -0.2) is 4.98 Å². The highest BCUT2D eigenvalue weighted by atomic mass is 35.5. The van der Waals surface area contributed by atoms with Crippen molar-refractivity contribution in [3.05, 3.63) is 11.6 Å². The molecule has 5 atom stereocenters. The number of hydrogen-bond donors (Lipinski definition) is 1. The van der Waals surface area contributed by atoms with Gasteiger partial charge in [0.05, 0.1) is 0 Å². The van der Waals surface area contributed by atoms with Gasteiger partial charge in [-0.05, 0) is 49.4 Å². The third-order valence-electron chi connectivity index (χ3n) is 5.28. The lowest BCUT2D eigenvalue weighted by Crippen LogP contribution is -2.15. The number of carbonyl (C=O) groups is 1. The van der Waals surface area contributed by atoms with E-state index in [0.29, 0.717) is 28.8 Å². The molecule has 20 heavy (non-hydrogen) atoms. The highest BCUT2D eigenvalue weighted by Gasteiger charge is 2.65. The average molecular weight is 331 g/mol. The molecule has 3 nitrogen and oxygen atoms in total. The van der Waals surface area contributed by atoms with Gasteiger partial charge in [0.15, 0.2) is 5.13 Å². The van der Waals surface area contributed by atoms with Gasteiger partial charge in [-0.15, -0.1) is 34.5 Å². The molecule has 3 saturated carbocycles. The lowest BCUT2D eigenvalue weighted by atomic mass is 10.0. The smallest absolute Gasteiger partial charge is 0.229 e. The zero-order valence-electron chi connectivity index (χ0n) is 10.9. The Bertz CT molecular complexity index is 511. The molecule has 3 aliphatic carbocycles. The summed E-state index contributed by atoms with van der Waals surface area (Å²) >= 11 is 14.1. The van der Waals surface area contributed by atoms with Gasteiger partial charge in [-0.2, -0.15) is 0 Å². The zero-order chi connectivity index (χ0) is 13.9. The van der Waals surface area contributed by atoms with E-state index in [1.807, 2.05) is 5.38 Å². The molecule has 1 heterocycles. The highest BCUT2D eigenvalue weighted by Crippen LogP contribution is 2.67. The number of aromatic nitrogens is 1. The van der Waals surface area contributed by atoms with Crippen molar-refractivity contribution in [2.75, 3.05) is 5.32 Å². The molecular weight excluding hydrogens is 315 g/mol. The minimum Gasteiger partial charge on any atom is -0.302 e. The van der Waals surface area contributed by atoms with Crippen LogP contribution in [0, 0.1) is 29.6 Å². The van der Waals surface area contributed by atoms with Crippen LogP contribution in [0.5, 0.6) is 0 Å². The number of carbonyl (C=O) groups excluding carboxylic acids is 1. The molecule has 0 bridgehead atoms. The first-order valence-corrected chi connectivity index (χ1v) is 8.80. The van der Waals surface area contributed by atoms with Gasteiger partial charge >= 0.3 is 0 Å². The van der Waals surface area contributed by atoms with E-state index in [4.69, 9.17) is 23.2 Å². The van der Waals surface area contributed by atoms with Crippen LogP contribution in [0.3, 0.4) is 0 Å². The van der Waals surface area contributed by atoms with E-state index >= 15 is 0 Å². The maximum Gasteiger partial charge on any atom is 0.229 e. The summed E-state index contributed by atoms with van der Waals surface area (Å²) in [6.45, 7) is 0. The number of hydrogen-bond acceptors (Lipinski definition) is 3. The first kappa shape index (κ1) is 13.4. The number of halogens is 2. The fourth-order valence-electron chi connectivity index (χ4n) is 4.09. The summed E-state index contributed by atoms with van der Waals surface area (Å²) in [5.74, 6) is 2.29. The van der Waals surface area contributed by atoms with E-state index in [1.54, 1.807) is 6.20 Å². The van der Waals surface area contributed by atoms with Gasteiger partial charge in [-0.1, -0.05) is 0 Å². The van der Waals surface area contributed by atoms with Crippen LogP contribution in [0.25, 0.3) is 0 Å². The molecule has 108 valence electrons. The molecule has 0 spiro atoms. The number of amides is 1. The van der Waals surface area contributed by atoms with E-state index in [-0.39, 0.29) is 11.8 Å². The molecule has 1 amide bonds. The van der Waals surface area contributed by atoms with Crippen LogP contribution in [0.2, 0.25) is 0 Å². The van der Waals surface area contributed by atoms with E-state index in [9.17, 15) is 4.79 Å². The van der Waals surface area contributed by atoms with Crippen LogP contribution >= 0.6 is 34.5 Å². The third-order valence-corrected chi connectivity index (χ3v) is 7.09. The van der Waals surface area contributed by atoms with Gasteiger partial charge in [0.2, 0.25) is 5.91 Å². The van der Waals surface area contributed by atoms with Crippen LogP contribution in [0.1, 0.15) is 25.7 Å². The standard InChI is InChI=1S/C14H16Cl2N2OS/c15-14(16)9-3-1-7-8(2-4-10(9)14)11(7)12(19)18-13-17-5-6-20-13/h5-11H,1-4H2,(H,17,18,19)/t7-,8+,9-,10-,11?/m1/s1. The summed E-state index contributed by atoms with van der Waals surface area (Å²) in [7, 11) is 0. The van der Waals surface area contributed by atoms with Crippen molar-refractivity contribution in [3.8, 4) is 0 Å². The monoisotopic (exact) mass is 330 g/mol. The molecule has 0 aromatic carbocycles. The summed E-state index contributed by atoms with van der Waals surface area (Å²) < 4.78 is -0.477. The van der Waals surface area contributed by atoms with Gasteiger partial charge in [0.25, 0.3) is 0 Å². The minimum atomic E-state index is -0.477. The second-order valence-corrected chi connectivity index (χ2v) is 8.56. The van der Waals surface area contributed by atoms with Crippen molar-refractivity contribution in [1.82, 2.24) is 4.98 Å². The maximum absolute atomic E-state index is 12.3. The lowest BCUT2D eigenvalue weighted by molar-refractivity contribution is -0.117. The van der Waals surface area contributed by atoms with Gasteiger partial charge < -0.3 is 5.32 Å². The predicted octanol–water partition coefficient (Wildman–Crippen LogP) is 3.94. The molecule has 1 unspecified atom stereocenters. The van der Waals surface area contributed by atoms with E-state index in [1.165, 1.54) is 11.3 Å². The first-order chi connectivity index (χ1) is 9.59. The Morgan fingerprint density at radius 1 is 1.25 bits per heavy atom. The maximum atomic E-state index is 12.3. The van der Waals surface area contributed by atoms with Gasteiger partial charge in [0.1, 0.15) is 4.33 Å². The quantitative estimate of drug-likeness (QED) is 0.834. The lowest BCUT2D eigenvalue weighted by Gasteiger charge is -2.03. The summed E-state index contributed by atoms with van der Waals surface area (Å²) in [4.78, 5) is 16.4. The number of nitrogens with one attached hydrogen (secondary N) is 1. The van der Waals surface area contributed by atoms with Crippen LogP contribution in [-0.4, -0.2) is 15.2 Å². The molecule has 3 aliphatic rings. The molecule has 1 N–H and O–H groups in total. The van der Waals surface area contributed by atoms with Gasteiger partial charge in [0, 0.05) is 17.5 Å². The average Bonchev–Trinajstić information content (AvgIpc) is 3.04. The molecule has 1 aromatic heterocycles. The highest BCUT2D eigenvalue weighted by molar-refractivity contribution is 7.13. The van der Waals surface area contributed by atoms with Crippen LogP contribution in [0.15, 0.2) is 11.6 Å². The number of rotatable bonds is 2. The van der Waals surface area contributed by atoms with E-state index in [2.05, 4.69) is 10.3 Å². The summed E-state index contributed by atoms with van der Waals surface area (Å²) in [5.41, 5.74) is 0. The molecule has 0 saturated heterocycles. The Hall–Kier alpha value is -0.320. The van der Waals surface area contributed by atoms with Crippen molar-refractivity contribution >= 4 is 45.6 Å². The molecular formula is C14H16Cl2N2OS. The zero-order valence-corrected chi connectivity index (χ0v) is 13.2. The Kier molecular flexibility index (Phi) is 3.06. The second kappa shape index (κ2) is 4.59.